The van der Waals surface area contributed by atoms with Gasteiger partial charge in [-0.2, -0.15) is 0 Å². The predicted octanol–water partition coefficient (Wildman–Crippen LogP) is 2.69. The summed E-state index contributed by atoms with van der Waals surface area (Å²) in [5.41, 5.74) is -0.0273. The zero-order valence-electron chi connectivity index (χ0n) is 11.0. The largest absolute Gasteiger partial charge is 0.355 e. The Balaban J connectivity index is 2.81. The van der Waals surface area contributed by atoms with Crippen LogP contribution in [0.4, 0.5) is 8.78 Å². The van der Waals surface area contributed by atoms with E-state index in [1.54, 1.807) is 4.90 Å². The van der Waals surface area contributed by atoms with E-state index in [0.717, 1.165) is 0 Å². The maximum absolute atomic E-state index is 13.8. The van der Waals surface area contributed by atoms with E-state index >= 15 is 0 Å². The zero-order chi connectivity index (χ0) is 14.4. The minimum absolute atomic E-state index is 0.0273. The topological polar surface area (TPSA) is 32.3 Å². The second-order valence-corrected chi connectivity index (χ2v) is 4.93. The van der Waals surface area contributed by atoms with Crippen molar-refractivity contribution in [3.63, 3.8) is 0 Å². The number of hydrogen-bond donors (Lipinski definition) is 1. The summed E-state index contributed by atoms with van der Waals surface area (Å²) >= 11 is 3.03. The first kappa shape index (κ1) is 16.0. The van der Waals surface area contributed by atoms with Crippen LogP contribution in [0.3, 0.4) is 0 Å². The van der Waals surface area contributed by atoms with E-state index in [0.29, 0.717) is 13.1 Å². The fraction of sp³-hybridized carbons (Fsp3) is 0.462. The van der Waals surface area contributed by atoms with Crippen LogP contribution >= 0.6 is 15.9 Å². The molecule has 1 rings (SSSR count). The molecule has 3 nitrogen and oxygen atoms in total. The van der Waals surface area contributed by atoms with Gasteiger partial charge in [-0.15, -0.1) is 0 Å². The molecule has 0 aliphatic heterocycles. The maximum Gasteiger partial charge on any atom is 0.234 e. The highest BCUT2D eigenvalue weighted by Crippen LogP contribution is 2.22. The van der Waals surface area contributed by atoms with Crippen molar-refractivity contribution in [1.82, 2.24) is 10.2 Å². The minimum Gasteiger partial charge on any atom is -0.355 e. The fourth-order valence-electron chi connectivity index (χ4n) is 1.67. The number of rotatable bonds is 6. The molecule has 0 saturated carbocycles. The quantitative estimate of drug-likeness (QED) is 0.811. The summed E-state index contributed by atoms with van der Waals surface area (Å²) < 4.78 is 27.7. The number of amides is 1. The van der Waals surface area contributed by atoms with E-state index < -0.39 is 11.6 Å². The summed E-state index contributed by atoms with van der Waals surface area (Å²) in [7, 11) is 0. The Morgan fingerprint density at radius 1 is 1.37 bits per heavy atom. The van der Waals surface area contributed by atoms with Crippen LogP contribution in [0.15, 0.2) is 16.6 Å². The Morgan fingerprint density at radius 3 is 2.63 bits per heavy atom. The molecule has 0 radical (unpaired) electrons. The van der Waals surface area contributed by atoms with E-state index in [4.69, 9.17) is 0 Å². The SMILES string of the molecule is CCNC(=O)CN(CC)Cc1c(F)ccc(Br)c1F. The van der Waals surface area contributed by atoms with Gasteiger partial charge < -0.3 is 5.32 Å². The zero-order valence-corrected chi connectivity index (χ0v) is 12.6. The van der Waals surface area contributed by atoms with Gasteiger partial charge in [0, 0.05) is 18.7 Å². The summed E-state index contributed by atoms with van der Waals surface area (Å²) in [6, 6.07) is 2.54. The van der Waals surface area contributed by atoms with E-state index in [1.165, 1.54) is 12.1 Å². The van der Waals surface area contributed by atoms with Gasteiger partial charge in [-0.1, -0.05) is 6.92 Å². The lowest BCUT2D eigenvalue weighted by molar-refractivity contribution is -0.122. The smallest absolute Gasteiger partial charge is 0.234 e. The van der Waals surface area contributed by atoms with E-state index in [-0.39, 0.29) is 29.0 Å². The molecule has 0 heterocycles. The average Bonchev–Trinajstić information content (AvgIpc) is 2.38. The van der Waals surface area contributed by atoms with Crippen LogP contribution in [-0.4, -0.2) is 30.4 Å². The lowest BCUT2D eigenvalue weighted by Crippen LogP contribution is -2.37. The summed E-state index contributed by atoms with van der Waals surface area (Å²) in [5.74, 6) is -1.37. The number of nitrogens with zero attached hydrogens (tertiary/aromatic N) is 1. The molecular weight excluding hydrogens is 318 g/mol. The van der Waals surface area contributed by atoms with E-state index in [2.05, 4.69) is 21.2 Å². The molecule has 0 aliphatic carbocycles. The Hall–Kier alpha value is -1.01. The summed E-state index contributed by atoms with van der Waals surface area (Å²) in [4.78, 5) is 13.2. The highest BCUT2D eigenvalue weighted by Gasteiger charge is 2.16. The molecule has 0 unspecified atom stereocenters. The van der Waals surface area contributed by atoms with Crippen molar-refractivity contribution >= 4 is 21.8 Å². The second kappa shape index (κ2) is 7.55. The highest BCUT2D eigenvalue weighted by atomic mass is 79.9. The number of nitrogens with one attached hydrogen (secondary N) is 1. The van der Waals surface area contributed by atoms with Gasteiger partial charge in [-0.05, 0) is 41.5 Å². The van der Waals surface area contributed by atoms with Crippen molar-refractivity contribution in [2.24, 2.45) is 0 Å². The molecule has 0 atom stereocenters. The molecule has 1 aromatic carbocycles. The predicted molar refractivity (Wildman–Crippen MR) is 73.7 cm³/mol. The van der Waals surface area contributed by atoms with Crippen molar-refractivity contribution in [1.29, 1.82) is 0 Å². The standard InChI is InChI=1S/C13H17BrF2N2O/c1-3-17-12(19)8-18(4-2)7-9-11(15)6-5-10(14)13(9)16/h5-6H,3-4,7-8H2,1-2H3,(H,17,19). The number of benzene rings is 1. The van der Waals surface area contributed by atoms with Crippen molar-refractivity contribution in [3.05, 3.63) is 33.8 Å². The number of carbonyl (C=O) groups is 1. The first-order valence-corrected chi connectivity index (χ1v) is 6.90. The summed E-state index contributed by atoms with van der Waals surface area (Å²) in [5, 5.41) is 2.66. The normalized spacial score (nSPS) is 10.8. The molecule has 0 aromatic heterocycles. The summed E-state index contributed by atoms with van der Waals surface area (Å²) in [6.45, 7) is 4.91. The van der Waals surface area contributed by atoms with Crippen LogP contribution in [0.2, 0.25) is 0 Å². The average molecular weight is 335 g/mol. The highest BCUT2D eigenvalue weighted by molar-refractivity contribution is 9.10. The molecule has 0 fully saturated rings. The van der Waals surface area contributed by atoms with Crippen LogP contribution in [0.1, 0.15) is 19.4 Å². The van der Waals surface area contributed by atoms with Crippen molar-refractivity contribution in [3.8, 4) is 0 Å². The number of likely N-dealkylation sites (N-methyl/N-ethyl adjacent to an activating group) is 2. The first-order chi connectivity index (χ1) is 8.99. The van der Waals surface area contributed by atoms with Gasteiger partial charge in [-0.25, -0.2) is 8.78 Å². The van der Waals surface area contributed by atoms with Crippen LogP contribution in [-0.2, 0) is 11.3 Å². The molecule has 0 aliphatic rings. The van der Waals surface area contributed by atoms with Gasteiger partial charge >= 0.3 is 0 Å². The fourth-order valence-corrected chi connectivity index (χ4v) is 2.04. The number of halogens is 3. The molecule has 1 amide bonds. The Bertz CT molecular complexity index is 455. The molecular formula is C13H17BrF2N2O. The van der Waals surface area contributed by atoms with Crippen molar-refractivity contribution < 1.29 is 13.6 Å². The third-order valence-corrected chi connectivity index (χ3v) is 3.32. The molecule has 1 aromatic rings. The molecule has 0 saturated heterocycles. The van der Waals surface area contributed by atoms with Gasteiger partial charge in [0.1, 0.15) is 11.6 Å². The minimum atomic E-state index is -0.616. The Kier molecular flexibility index (Phi) is 6.37. The third kappa shape index (κ3) is 4.54. The van der Waals surface area contributed by atoms with Gasteiger partial charge in [-0.3, -0.25) is 9.69 Å². The van der Waals surface area contributed by atoms with Crippen LogP contribution in [0, 0.1) is 11.6 Å². The Labute approximate surface area is 120 Å². The number of hydrogen-bond acceptors (Lipinski definition) is 2. The van der Waals surface area contributed by atoms with Crippen LogP contribution < -0.4 is 5.32 Å². The van der Waals surface area contributed by atoms with E-state index in [1.807, 2.05) is 13.8 Å². The molecule has 6 heteroatoms. The first-order valence-electron chi connectivity index (χ1n) is 6.11. The number of carbonyl (C=O) groups excluding carboxylic acids is 1. The van der Waals surface area contributed by atoms with E-state index in [9.17, 15) is 13.6 Å². The van der Waals surface area contributed by atoms with Gasteiger partial charge in [0.15, 0.2) is 0 Å². The molecule has 19 heavy (non-hydrogen) atoms. The molecule has 1 N–H and O–H groups in total. The summed E-state index contributed by atoms with van der Waals surface area (Å²) in [6.07, 6.45) is 0. The van der Waals surface area contributed by atoms with Crippen molar-refractivity contribution in [2.75, 3.05) is 19.6 Å². The molecule has 106 valence electrons. The lowest BCUT2D eigenvalue weighted by Gasteiger charge is -2.20. The maximum atomic E-state index is 13.8. The molecule has 0 spiro atoms. The van der Waals surface area contributed by atoms with Gasteiger partial charge in [0.25, 0.3) is 0 Å². The Morgan fingerprint density at radius 2 is 2.05 bits per heavy atom. The van der Waals surface area contributed by atoms with Gasteiger partial charge in [0.2, 0.25) is 5.91 Å². The second-order valence-electron chi connectivity index (χ2n) is 4.08. The van der Waals surface area contributed by atoms with Crippen LogP contribution in [0.5, 0.6) is 0 Å². The lowest BCUT2D eigenvalue weighted by atomic mass is 10.2. The van der Waals surface area contributed by atoms with Gasteiger partial charge in [0.05, 0.1) is 11.0 Å². The monoisotopic (exact) mass is 334 g/mol. The third-order valence-electron chi connectivity index (χ3n) is 2.71. The van der Waals surface area contributed by atoms with Crippen molar-refractivity contribution in [2.45, 2.75) is 20.4 Å². The molecule has 0 bridgehead atoms. The van der Waals surface area contributed by atoms with Crippen LogP contribution in [0.25, 0.3) is 0 Å².